The van der Waals surface area contributed by atoms with Crippen molar-refractivity contribution in [3.05, 3.63) is 35.9 Å². The van der Waals surface area contributed by atoms with E-state index in [0.717, 1.165) is 5.56 Å². The number of nitrogens with two attached hydrogens (primary N) is 1. The van der Waals surface area contributed by atoms with E-state index < -0.39 is 0 Å². The molecule has 0 spiro atoms. The number of carbonyl (C=O) groups excluding carboxylic acids is 1. The molecule has 1 aromatic carbocycles. The van der Waals surface area contributed by atoms with Crippen molar-refractivity contribution in [2.24, 2.45) is 10.9 Å². The predicted octanol–water partition coefficient (Wildman–Crippen LogP) is 0.859. The van der Waals surface area contributed by atoms with E-state index in [0.29, 0.717) is 12.1 Å². The third-order valence-electron chi connectivity index (χ3n) is 2.32. The van der Waals surface area contributed by atoms with Gasteiger partial charge in [0.15, 0.2) is 0 Å². The van der Waals surface area contributed by atoms with Crippen molar-refractivity contribution in [3.63, 3.8) is 0 Å². The summed E-state index contributed by atoms with van der Waals surface area (Å²) in [6.07, 6.45) is 0.893. The van der Waals surface area contributed by atoms with Gasteiger partial charge in [-0.05, 0) is 12.0 Å². The number of rotatable bonds is 3. The highest BCUT2D eigenvalue weighted by molar-refractivity contribution is 6.04. The summed E-state index contributed by atoms with van der Waals surface area (Å²) in [6, 6.07) is 9.63. The number of hydrogen-bond donors (Lipinski definition) is 1. The molecule has 0 amide bonds. The molecular weight excluding hydrogens is 192 g/mol. The van der Waals surface area contributed by atoms with Crippen molar-refractivity contribution in [1.82, 2.24) is 0 Å². The fourth-order valence-electron chi connectivity index (χ4n) is 1.51. The molecule has 0 unspecified atom stereocenters. The van der Waals surface area contributed by atoms with Gasteiger partial charge in [-0.15, -0.1) is 0 Å². The van der Waals surface area contributed by atoms with Gasteiger partial charge in [0.25, 0.3) is 0 Å². The Bertz CT molecular complexity index is 387. The van der Waals surface area contributed by atoms with Gasteiger partial charge in [0, 0.05) is 0 Å². The molecule has 1 aliphatic heterocycles. The lowest BCUT2D eigenvalue weighted by Gasteiger charge is -2.08. The molecular formula is C11H12N2O2. The monoisotopic (exact) mass is 204 g/mol. The third-order valence-corrected chi connectivity index (χ3v) is 2.32. The second-order valence-electron chi connectivity index (χ2n) is 3.52. The normalized spacial score (nSPS) is 17.1. The number of nitrogens with zero attached hydrogens (tertiary/aromatic N) is 1. The molecule has 0 saturated carbocycles. The summed E-state index contributed by atoms with van der Waals surface area (Å²) in [5.41, 5.74) is 7.67. The van der Waals surface area contributed by atoms with Gasteiger partial charge in [0.1, 0.15) is 0 Å². The zero-order valence-electron chi connectivity index (χ0n) is 8.22. The maximum absolute atomic E-state index is 10.8. The van der Waals surface area contributed by atoms with Gasteiger partial charge in [-0.25, -0.2) is 4.79 Å². The highest BCUT2D eigenvalue weighted by Gasteiger charge is 2.22. The molecule has 1 heterocycles. The zero-order valence-corrected chi connectivity index (χ0v) is 8.22. The quantitative estimate of drug-likeness (QED) is 0.742. The largest absolute Gasteiger partial charge is 0.340 e. The fraction of sp³-hybridized carbons (Fsp3) is 0.273. The van der Waals surface area contributed by atoms with Crippen molar-refractivity contribution in [1.29, 1.82) is 0 Å². The van der Waals surface area contributed by atoms with Crippen LogP contribution in [0.15, 0.2) is 35.5 Å². The summed E-state index contributed by atoms with van der Waals surface area (Å²) < 4.78 is 0. The van der Waals surface area contributed by atoms with Crippen LogP contribution in [-0.4, -0.2) is 17.7 Å². The van der Waals surface area contributed by atoms with Crippen LogP contribution in [0, 0.1) is 0 Å². The first kappa shape index (κ1) is 9.86. The lowest BCUT2D eigenvalue weighted by atomic mass is 10.0. The van der Waals surface area contributed by atoms with Gasteiger partial charge in [-0.1, -0.05) is 35.5 Å². The molecule has 2 N–H and O–H groups in total. The van der Waals surface area contributed by atoms with Gasteiger partial charge >= 0.3 is 5.97 Å². The topological polar surface area (TPSA) is 64.7 Å². The molecule has 0 radical (unpaired) electrons. The van der Waals surface area contributed by atoms with Gasteiger partial charge < -0.3 is 10.6 Å². The second kappa shape index (κ2) is 4.23. The molecule has 1 aromatic rings. The summed E-state index contributed by atoms with van der Waals surface area (Å²) in [4.78, 5) is 15.3. The molecule has 15 heavy (non-hydrogen) atoms. The lowest BCUT2D eigenvalue weighted by molar-refractivity contribution is -0.140. The SMILES string of the molecule is N[C@@H](Cc1ccccc1)C1=NOC(=O)C1. The average Bonchev–Trinajstić information content (AvgIpc) is 2.66. The highest BCUT2D eigenvalue weighted by atomic mass is 16.7. The van der Waals surface area contributed by atoms with Crippen molar-refractivity contribution in [2.75, 3.05) is 0 Å². The Kier molecular flexibility index (Phi) is 2.78. The van der Waals surface area contributed by atoms with E-state index in [4.69, 9.17) is 5.73 Å². The van der Waals surface area contributed by atoms with Crippen LogP contribution >= 0.6 is 0 Å². The third kappa shape index (κ3) is 2.41. The molecule has 4 heteroatoms. The summed E-state index contributed by atoms with van der Waals surface area (Å²) >= 11 is 0. The minimum Gasteiger partial charge on any atom is -0.323 e. The zero-order chi connectivity index (χ0) is 10.7. The van der Waals surface area contributed by atoms with E-state index in [1.165, 1.54) is 0 Å². The van der Waals surface area contributed by atoms with E-state index >= 15 is 0 Å². The summed E-state index contributed by atoms with van der Waals surface area (Å²) in [7, 11) is 0. The van der Waals surface area contributed by atoms with Gasteiger partial charge in [-0.3, -0.25) is 0 Å². The summed E-state index contributed by atoms with van der Waals surface area (Å²) in [6.45, 7) is 0. The molecule has 1 atom stereocenters. The maximum Gasteiger partial charge on any atom is 0.340 e. The Balaban J connectivity index is 1.98. The number of carbonyl (C=O) groups is 1. The molecule has 0 bridgehead atoms. The highest BCUT2D eigenvalue weighted by Crippen LogP contribution is 2.09. The minimum atomic E-state index is -0.325. The molecule has 2 rings (SSSR count). The minimum absolute atomic E-state index is 0.216. The maximum atomic E-state index is 10.8. The van der Waals surface area contributed by atoms with Crippen molar-refractivity contribution >= 4 is 11.7 Å². The fourth-order valence-corrected chi connectivity index (χ4v) is 1.51. The molecule has 4 nitrogen and oxygen atoms in total. The van der Waals surface area contributed by atoms with E-state index in [-0.39, 0.29) is 18.4 Å². The van der Waals surface area contributed by atoms with E-state index in [2.05, 4.69) is 9.99 Å². The summed E-state index contributed by atoms with van der Waals surface area (Å²) in [5, 5.41) is 3.65. The van der Waals surface area contributed by atoms with Crippen LogP contribution in [0.3, 0.4) is 0 Å². The first-order chi connectivity index (χ1) is 7.25. The van der Waals surface area contributed by atoms with Gasteiger partial charge in [-0.2, -0.15) is 0 Å². The van der Waals surface area contributed by atoms with E-state index in [9.17, 15) is 4.79 Å². The van der Waals surface area contributed by atoms with Crippen molar-refractivity contribution in [2.45, 2.75) is 18.9 Å². The van der Waals surface area contributed by atoms with Gasteiger partial charge in [0.2, 0.25) is 0 Å². The van der Waals surface area contributed by atoms with E-state index in [1.807, 2.05) is 30.3 Å². The Morgan fingerprint density at radius 1 is 1.40 bits per heavy atom. The summed E-state index contributed by atoms with van der Waals surface area (Å²) in [5.74, 6) is -0.325. The molecule has 0 fully saturated rings. The van der Waals surface area contributed by atoms with Crippen LogP contribution in [-0.2, 0) is 16.1 Å². The lowest BCUT2D eigenvalue weighted by Crippen LogP contribution is -2.32. The van der Waals surface area contributed by atoms with Crippen molar-refractivity contribution < 1.29 is 9.63 Å². The molecule has 0 saturated heterocycles. The first-order valence-corrected chi connectivity index (χ1v) is 4.82. The van der Waals surface area contributed by atoms with Gasteiger partial charge in [0.05, 0.1) is 18.2 Å². The average molecular weight is 204 g/mol. The Labute approximate surface area is 87.7 Å². The van der Waals surface area contributed by atoms with Crippen LogP contribution in [0.5, 0.6) is 0 Å². The molecule has 78 valence electrons. The van der Waals surface area contributed by atoms with Crippen LogP contribution in [0.1, 0.15) is 12.0 Å². The number of benzene rings is 1. The van der Waals surface area contributed by atoms with Crippen LogP contribution in [0.4, 0.5) is 0 Å². The van der Waals surface area contributed by atoms with E-state index in [1.54, 1.807) is 0 Å². The van der Waals surface area contributed by atoms with Crippen LogP contribution < -0.4 is 5.73 Å². The predicted molar refractivity (Wildman–Crippen MR) is 56.3 cm³/mol. The second-order valence-corrected chi connectivity index (χ2v) is 3.52. The Morgan fingerprint density at radius 2 is 2.13 bits per heavy atom. The van der Waals surface area contributed by atoms with Crippen molar-refractivity contribution in [3.8, 4) is 0 Å². The molecule has 0 aromatic heterocycles. The molecule has 1 aliphatic rings. The smallest absolute Gasteiger partial charge is 0.323 e. The van der Waals surface area contributed by atoms with Crippen LogP contribution in [0.2, 0.25) is 0 Å². The molecule has 0 aliphatic carbocycles. The standard InChI is InChI=1S/C11H12N2O2/c12-9(10-7-11(14)15-13-10)6-8-4-2-1-3-5-8/h1-5,9H,6-7,12H2/t9-/m0/s1. The number of oxime groups is 1. The number of hydrogen-bond acceptors (Lipinski definition) is 4. The Hall–Kier alpha value is -1.68. The first-order valence-electron chi connectivity index (χ1n) is 4.82. The Morgan fingerprint density at radius 3 is 2.73 bits per heavy atom. The van der Waals surface area contributed by atoms with Crippen LogP contribution in [0.25, 0.3) is 0 Å².